The molecular weight excluding hydrogens is 396 g/mol. The molecule has 0 radical (unpaired) electrons. The molecule has 1 N–H and O–H groups in total. The van der Waals surface area contributed by atoms with Gasteiger partial charge in [0.15, 0.2) is 5.82 Å². The SMILES string of the molecule is CCCCCc1cnc(-c2ccc(-c3ccc(C(CCCCC)C(=O)O)cc3)cc2)nc1. The van der Waals surface area contributed by atoms with E-state index in [1.54, 1.807) is 0 Å². The van der Waals surface area contributed by atoms with Crippen molar-refractivity contribution in [1.29, 1.82) is 0 Å². The summed E-state index contributed by atoms with van der Waals surface area (Å²) in [6.45, 7) is 4.34. The summed E-state index contributed by atoms with van der Waals surface area (Å²) in [4.78, 5) is 20.8. The van der Waals surface area contributed by atoms with Crippen LogP contribution in [0.3, 0.4) is 0 Å². The highest BCUT2D eigenvalue weighted by Crippen LogP contribution is 2.28. The van der Waals surface area contributed by atoms with E-state index in [9.17, 15) is 9.90 Å². The average molecular weight is 431 g/mol. The third kappa shape index (κ3) is 6.49. The van der Waals surface area contributed by atoms with Gasteiger partial charge in [0, 0.05) is 18.0 Å². The van der Waals surface area contributed by atoms with E-state index in [1.807, 2.05) is 48.8 Å². The van der Waals surface area contributed by atoms with E-state index in [0.29, 0.717) is 6.42 Å². The molecule has 4 heteroatoms. The van der Waals surface area contributed by atoms with E-state index < -0.39 is 11.9 Å². The quantitative estimate of drug-likeness (QED) is 0.306. The van der Waals surface area contributed by atoms with Gasteiger partial charge in [0.1, 0.15) is 0 Å². The van der Waals surface area contributed by atoms with Crippen LogP contribution in [0.15, 0.2) is 60.9 Å². The molecule has 3 rings (SSSR count). The summed E-state index contributed by atoms with van der Waals surface area (Å²) in [6.07, 6.45) is 12.3. The number of unbranched alkanes of at least 4 members (excludes halogenated alkanes) is 4. The maximum absolute atomic E-state index is 11.7. The Morgan fingerprint density at radius 1 is 0.781 bits per heavy atom. The Morgan fingerprint density at radius 3 is 1.88 bits per heavy atom. The largest absolute Gasteiger partial charge is 0.481 e. The van der Waals surface area contributed by atoms with Gasteiger partial charge in [-0.1, -0.05) is 94.5 Å². The van der Waals surface area contributed by atoms with E-state index in [4.69, 9.17) is 0 Å². The van der Waals surface area contributed by atoms with Gasteiger partial charge in [0.25, 0.3) is 0 Å². The molecule has 0 amide bonds. The van der Waals surface area contributed by atoms with Gasteiger partial charge >= 0.3 is 5.97 Å². The highest BCUT2D eigenvalue weighted by atomic mass is 16.4. The van der Waals surface area contributed by atoms with Crippen LogP contribution in [-0.4, -0.2) is 21.0 Å². The zero-order chi connectivity index (χ0) is 22.8. The lowest BCUT2D eigenvalue weighted by Gasteiger charge is -2.13. The fraction of sp³-hybridized carbons (Fsp3) is 0.393. The van der Waals surface area contributed by atoms with Crippen LogP contribution in [0.2, 0.25) is 0 Å². The van der Waals surface area contributed by atoms with Gasteiger partial charge in [-0.25, -0.2) is 9.97 Å². The standard InChI is InChI=1S/C28H34N2O2/c1-3-5-7-9-21-19-29-27(30-20-21)25-17-13-23(14-18-25)22-11-15-24(16-12-22)26(28(31)32)10-8-6-4-2/h11-20,26H,3-10H2,1-2H3,(H,31,32). The van der Waals surface area contributed by atoms with Crippen LogP contribution in [0.25, 0.3) is 22.5 Å². The van der Waals surface area contributed by atoms with Crippen molar-refractivity contribution in [3.05, 3.63) is 72.1 Å². The van der Waals surface area contributed by atoms with E-state index in [0.717, 1.165) is 53.8 Å². The van der Waals surface area contributed by atoms with Crippen LogP contribution in [0.1, 0.15) is 75.8 Å². The molecule has 0 aliphatic carbocycles. The summed E-state index contributed by atoms with van der Waals surface area (Å²) in [6, 6.07) is 16.2. The Labute approximate surface area is 191 Å². The monoisotopic (exact) mass is 430 g/mol. The van der Waals surface area contributed by atoms with Crippen molar-refractivity contribution in [1.82, 2.24) is 9.97 Å². The molecule has 0 spiro atoms. The Kier molecular flexibility index (Phi) is 8.97. The van der Waals surface area contributed by atoms with Crippen molar-refractivity contribution >= 4 is 5.97 Å². The minimum absolute atomic E-state index is 0.430. The fourth-order valence-electron chi connectivity index (χ4n) is 3.96. The molecular formula is C28H34N2O2. The van der Waals surface area contributed by atoms with E-state index in [1.165, 1.54) is 24.8 Å². The first kappa shape index (κ1) is 23.6. The normalized spacial score (nSPS) is 11.9. The van der Waals surface area contributed by atoms with Crippen molar-refractivity contribution in [3.8, 4) is 22.5 Å². The Bertz CT molecular complexity index is 964. The molecule has 1 atom stereocenters. The first-order valence-corrected chi connectivity index (χ1v) is 11.9. The number of hydrogen-bond acceptors (Lipinski definition) is 3. The van der Waals surface area contributed by atoms with Crippen LogP contribution >= 0.6 is 0 Å². The summed E-state index contributed by atoms with van der Waals surface area (Å²) in [5.41, 5.74) is 5.22. The molecule has 0 bridgehead atoms. The van der Waals surface area contributed by atoms with Gasteiger partial charge in [-0.2, -0.15) is 0 Å². The first-order valence-electron chi connectivity index (χ1n) is 11.9. The zero-order valence-corrected chi connectivity index (χ0v) is 19.3. The number of nitrogens with zero attached hydrogens (tertiary/aromatic N) is 2. The highest BCUT2D eigenvalue weighted by molar-refractivity contribution is 5.76. The first-order chi connectivity index (χ1) is 15.6. The lowest BCUT2D eigenvalue weighted by atomic mass is 9.91. The third-order valence-corrected chi connectivity index (χ3v) is 5.96. The second-order valence-electron chi connectivity index (χ2n) is 8.46. The van der Waals surface area contributed by atoms with E-state index in [-0.39, 0.29) is 0 Å². The van der Waals surface area contributed by atoms with Crippen LogP contribution in [0.4, 0.5) is 0 Å². The van der Waals surface area contributed by atoms with Gasteiger partial charge < -0.3 is 5.11 Å². The second kappa shape index (κ2) is 12.1. The molecule has 0 aliphatic heterocycles. The summed E-state index contributed by atoms with van der Waals surface area (Å²) in [7, 11) is 0. The van der Waals surface area contributed by atoms with Crippen molar-refractivity contribution in [3.63, 3.8) is 0 Å². The molecule has 3 aromatic rings. The number of aryl methyl sites for hydroxylation is 1. The molecule has 0 saturated heterocycles. The van der Waals surface area contributed by atoms with Crippen molar-refractivity contribution in [2.24, 2.45) is 0 Å². The van der Waals surface area contributed by atoms with Crippen molar-refractivity contribution in [2.45, 2.75) is 71.1 Å². The minimum atomic E-state index is -0.741. The van der Waals surface area contributed by atoms with Gasteiger partial charge in [0.05, 0.1) is 5.92 Å². The molecule has 1 unspecified atom stereocenters. The molecule has 168 valence electrons. The Balaban J connectivity index is 1.67. The molecule has 0 saturated carbocycles. The molecule has 4 nitrogen and oxygen atoms in total. The van der Waals surface area contributed by atoms with Crippen LogP contribution in [-0.2, 0) is 11.2 Å². The molecule has 1 heterocycles. The number of aromatic nitrogens is 2. The molecule has 1 aromatic heterocycles. The third-order valence-electron chi connectivity index (χ3n) is 5.96. The van der Waals surface area contributed by atoms with Gasteiger partial charge in [-0.3, -0.25) is 4.79 Å². The highest BCUT2D eigenvalue weighted by Gasteiger charge is 2.19. The molecule has 32 heavy (non-hydrogen) atoms. The lowest BCUT2D eigenvalue weighted by Crippen LogP contribution is -2.11. The van der Waals surface area contributed by atoms with E-state index >= 15 is 0 Å². The number of carboxylic acid groups (broad SMARTS) is 1. The average Bonchev–Trinajstić information content (AvgIpc) is 2.83. The molecule has 0 aliphatic rings. The predicted molar refractivity (Wildman–Crippen MR) is 131 cm³/mol. The molecule has 0 fully saturated rings. The maximum Gasteiger partial charge on any atom is 0.310 e. The second-order valence-corrected chi connectivity index (χ2v) is 8.46. The van der Waals surface area contributed by atoms with E-state index in [2.05, 4.69) is 35.9 Å². The number of rotatable bonds is 12. The zero-order valence-electron chi connectivity index (χ0n) is 19.3. The number of hydrogen-bond donors (Lipinski definition) is 1. The fourth-order valence-corrected chi connectivity index (χ4v) is 3.96. The Morgan fingerprint density at radius 2 is 1.31 bits per heavy atom. The maximum atomic E-state index is 11.7. The summed E-state index contributed by atoms with van der Waals surface area (Å²) < 4.78 is 0. The van der Waals surface area contributed by atoms with Crippen molar-refractivity contribution in [2.75, 3.05) is 0 Å². The number of aliphatic carboxylic acids is 1. The predicted octanol–water partition coefficient (Wildman–Crippen LogP) is 7.29. The van der Waals surface area contributed by atoms with Gasteiger partial charge in [-0.05, 0) is 41.5 Å². The number of carbonyl (C=O) groups is 1. The van der Waals surface area contributed by atoms with Gasteiger partial charge in [0.2, 0.25) is 0 Å². The van der Waals surface area contributed by atoms with Crippen LogP contribution in [0, 0.1) is 0 Å². The Hall–Kier alpha value is -3.01. The van der Waals surface area contributed by atoms with Gasteiger partial charge in [-0.15, -0.1) is 0 Å². The van der Waals surface area contributed by atoms with Crippen molar-refractivity contribution < 1.29 is 9.90 Å². The summed E-state index contributed by atoms with van der Waals surface area (Å²) in [5, 5.41) is 9.61. The molecule has 2 aromatic carbocycles. The van der Waals surface area contributed by atoms with Crippen LogP contribution in [0.5, 0.6) is 0 Å². The number of benzene rings is 2. The topological polar surface area (TPSA) is 63.1 Å². The smallest absolute Gasteiger partial charge is 0.310 e. The summed E-state index contributed by atoms with van der Waals surface area (Å²) >= 11 is 0. The van der Waals surface area contributed by atoms with Crippen LogP contribution < -0.4 is 0 Å². The summed E-state index contributed by atoms with van der Waals surface area (Å²) in [5.74, 6) is -0.433. The number of carboxylic acids is 1. The lowest BCUT2D eigenvalue weighted by molar-refractivity contribution is -0.139. The minimum Gasteiger partial charge on any atom is -0.481 e.